The number of hydrogen-bond donors (Lipinski definition) is 0. The standard InChI is InChI=1S/C18H18NOS/c1-3-19-15-9-5-7-11-17(15)21-18(19)13-12-14-8-4-6-10-16(14)20-2/h4-13H,3H2,1-2H3/q+1/b13-12+. The van der Waals surface area contributed by atoms with Gasteiger partial charge in [-0.1, -0.05) is 41.7 Å². The highest BCUT2D eigenvalue weighted by atomic mass is 32.1. The third-order valence-corrected chi connectivity index (χ3v) is 4.63. The van der Waals surface area contributed by atoms with Gasteiger partial charge in [0, 0.05) is 17.7 Å². The molecule has 0 aliphatic carbocycles. The van der Waals surface area contributed by atoms with Crippen LogP contribution in [-0.2, 0) is 6.54 Å². The monoisotopic (exact) mass is 296 g/mol. The lowest BCUT2D eigenvalue weighted by Crippen LogP contribution is -2.33. The molecule has 106 valence electrons. The van der Waals surface area contributed by atoms with Gasteiger partial charge in [-0.05, 0) is 25.1 Å². The topological polar surface area (TPSA) is 13.1 Å². The second kappa shape index (κ2) is 6.10. The van der Waals surface area contributed by atoms with Crippen LogP contribution in [0.3, 0.4) is 0 Å². The minimum atomic E-state index is 0.901. The van der Waals surface area contributed by atoms with Crippen LogP contribution in [0.5, 0.6) is 5.75 Å². The maximum atomic E-state index is 5.39. The van der Waals surface area contributed by atoms with Crippen LogP contribution in [0.15, 0.2) is 48.5 Å². The quantitative estimate of drug-likeness (QED) is 0.651. The van der Waals surface area contributed by atoms with E-state index in [1.54, 1.807) is 7.11 Å². The van der Waals surface area contributed by atoms with E-state index < -0.39 is 0 Å². The molecule has 1 aromatic heterocycles. The van der Waals surface area contributed by atoms with Crippen LogP contribution in [0.4, 0.5) is 0 Å². The van der Waals surface area contributed by atoms with E-state index in [-0.39, 0.29) is 0 Å². The number of rotatable bonds is 4. The van der Waals surface area contributed by atoms with Crippen LogP contribution in [-0.4, -0.2) is 7.11 Å². The molecular formula is C18H18NOS+. The van der Waals surface area contributed by atoms with Gasteiger partial charge >= 0.3 is 0 Å². The van der Waals surface area contributed by atoms with E-state index in [9.17, 15) is 0 Å². The molecule has 2 aromatic carbocycles. The van der Waals surface area contributed by atoms with Crippen LogP contribution >= 0.6 is 11.3 Å². The Hall–Kier alpha value is -2.13. The molecule has 1 heterocycles. The first-order valence-corrected chi connectivity index (χ1v) is 7.87. The Balaban J connectivity index is 2.03. The molecule has 0 spiro atoms. The Bertz CT molecular complexity index is 789. The molecule has 0 radical (unpaired) electrons. The average molecular weight is 296 g/mol. The molecule has 21 heavy (non-hydrogen) atoms. The van der Waals surface area contributed by atoms with Gasteiger partial charge in [-0.25, -0.2) is 0 Å². The van der Waals surface area contributed by atoms with Gasteiger partial charge in [-0.2, -0.15) is 4.57 Å². The molecule has 3 aromatic rings. The van der Waals surface area contributed by atoms with E-state index >= 15 is 0 Å². The summed E-state index contributed by atoms with van der Waals surface area (Å²) in [7, 11) is 1.71. The van der Waals surface area contributed by atoms with Crippen LogP contribution in [0.25, 0.3) is 22.4 Å². The van der Waals surface area contributed by atoms with Crippen LogP contribution in [0.2, 0.25) is 0 Å². The fraction of sp³-hybridized carbons (Fsp3) is 0.167. The Labute approximate surface area is 128 Å². The minimum Gasteiger partial charge on any atom is -0.496 e. The Kier molecular flexibility index (Phi) is 4.02. The van der Waals surface area contributed by atoms with E-state index in [1.807, 2.05) is 29.5 Å². The Morgan fingerprint density at radius 1 is 1.05 bits per heavy atom. The number of benzene rings is 2. The smallest absolute Gasteiger partial charge is 0.262 e. The predicted molar refractivity (Wildman–Crippen MR) is 89.6 cm³/mol. The van der Waals surface area contributed by atoms with Crippen molar-refractivity contribution in [3.05, 3.63) is 59.1 Å². The van der Waals surface area contributed by atoms with Crippen molar-refractivity contribution in [1.29, 1.82) is 0 Å². The number of thiazole rings is 1. The lowest BCUT2D eigenvalue weighted by atomic mass is 10.2. The van der Waals surface area contributed by atoms with Gasteiger partial charge in [0.25, 0.3) is 5.01 Å². The third kappa shape index (κ3) is 2.69. The highest BCUT2D eigenvalue weighted by molar-refractivity contribution is 7.18. The van der Waals surface area contributed by atoms with E-state index in [4.69, 9.17) is 4.74 Å². The van der Waals surface area contributed by atoms with Gasteiger partial charge in [0.15, 0.2) is 0 Å². The molecule has 0 amide bonds. The van der Waals surface area contributed by atoms with Crippen LogP contribution in [0.1, 0.15) is 17.5 Å². The van der Waals surface area contributed by atoms with Crippen molar-refractivity contribution in [2.75, 3.05) is 7.11 Å². The molecule has 0 aliphatic heterocycles. The molecule has 2 nitrogen and oxygen atoms in total. The van der Waals surface area contributed by atoms with Gasteiger partial charge < -0.3 is 4.74 Å². The highest BCUT2D eigenvalue weighted by Crippen LogP contribution is 2.24. The van der Waals surface area contributed by atoms with Crippen LogP contribution < -0.4 is 9.30 Å². The number of ether oxygens (including phenoxy) is 1. The summed E-state index contributed by atoms with van der Waals surface area (Å²) in [5, 5.41) is 1.25. The minimum absolute atomic E-state index is 0.901. The molecular weight excluding hydrogens is 278 g/mol. The normalized spacial score (nSPS) is 11.3. The molecule has 0 saturated carbocycles. The van der Waals surface area contributed by atoms with Crippen molar-refractivity contribution >= 4 is 33.7 Å². The fourth-order valence-corrected chi connectivity index (χ4v) is 3.60. The van der Waals surface area contributed by atoms with Gasteiger partial charge in [0.2, 0.25) is 5.52 Å². The average Bonchev–Trinajstić information content (AvgIpc) is 2.90. The molecule has 0 bridgehead atoms. The van der Waals surface area contributed by atoms with Crippen molar-refractivity contribution in [2.24, 2.45) is 0 Å². The molecule has 0 unspecified atom stereocenters. The van der Waals surface area contributed by atoms with Crippen LogP contribution in [0, 0.1) is 0 Å². The van der Waals surface area contributed by atoms with E-state index in [1.165, 1.54) is 15.2 Å². The summed E-state index contributed by atoms with van der Waals surface area (Å²) in [5.74, 6) is 0.901. The number of methoxy groups -OCH3 is 1. The fourth-order valence-electron chi connectivity index (χ4n) is 2.47. The Morgan fingerprint density at radius 3 is 2.62 bits per heavy atom. The van der Waals surface area contributed by atoms with Crippen molar-refractivity contribution in [3.8, 4) is 5.75 Å². The Morgan fingerprint density at radius 2 is 1.81 bits per heavy atom. The second-order valence-corrected chi connectivity index (χ2v) is 5.79. The summed E-state index contributed by atoms with van der Waals surface area (Å²) < 4.78 is 9.05. The summed E-state index contributed by atoms with van der Waals surface area (Å²) in [6.07, 6.45) is 4.29. The van der Waals surface area contributed by atoms with Gasteiger partial charge in [0.1, 0.15) is 17.0 Å². The summed E-state index contributed by atoms with van der Waals surface area (Å²) in [5.41, 5.74) is 2.39. The zero-order chi connectivity index (χ0) is 14.7. The van der Waals surface area contributed by atoms with Gasteiger partial charge in [0.05, 0.1) is 7.11 Å². The van der Waals surface area contributed by atoms with E-state index in [2.05, 4.69) is 54.0 Å². The molecule has 0 aliphatic rings. The zero-order valence-corrected chi connectivity index (χ0v) is 13.1. The van der Waals surface area contributed by atoms with E-state index in [0.717, 1.165) is 17.9 Å². The predicted octanol–water partition coefficient (Wildman–Crippen LogP) is 4.39. The molecule has 0 N–H and O–H groups in total. The number of nitrogens with zero attached hydrogens (tertiary/aromatic N) is 1. The molecule has 0 fully saturated rings. The summed E-state index contributed by atoms with van der Waals surface area (Å²) in [4.78, 5) is 0. The summed E-state index contributed by atoms with van der Waals surface area (Å²) >= 11 is 1.82. The number of hydrogen-bond acceptors (Lipinski definition) is 2. The van der Waals surface area contributed by atoms with Crippen molar-refractivity contribution in [2.45, 2.75) is 13.5 Å². The van der Waals surface area contributed by atoms with Crippen molar-refractivity contribution in [3.63, 3.8) is 0 Å². The highest BCUT2D eigenvalue weighted by Gasteiger charge is 2.15. The number of para-hydroxylation sites is 2. The number of fused-ring (bicyclic) bond motifs is 1. The maximum absolute atomic E-state index is 5.39. The summed E-state index contributed by atoms with van der Waals surface area (Å²) in [6.45, 7) is 3.15. The first-order chi connectivity index (χ1) is 10.3. The first-order valence-electron chi connectivity index (χ1n) is 7.06. The third-order valence-electron chi connectivity index (χ3n) is 3.50. The lowest BCUT2D eigenvalue weighted by Gasteiger charge is -2.02. The van der Waals surface area contributed by atoms with Gasteiger partial charge in [-0.3, -0.25) is 0 Å². The largest absolute Gasteiger partial charge is 0.496 e. The molecule has 3 heteroatoms. The maximum Gasteiger partial charge on any atom is 0.262 e. The lowest BCUT2D eigenvalue weighted by molar-refractivity contribution is -0.665. The SMILES string of the molecule is CC[n+]1c(/C=C/c2ccccc2OC)sc2ccccc21. The van der Waals surface area contributed by atoms with Crippen molar-refractivity contribution in [1.82, 2.24) is 0 Å². The second-order valence-electron chi connectivity index (χ2n) is 4.73. The number of aromatic nitrogens is 1. The van der Waals surface area contributed by atoms with Gasteiger partial charge in [-0.15, -0.1) is 0 Å². The first kappa shape index (κ1) is 13.8. The molecule has 0 saturated heterocycles. The van der Waals surface area contributed by atoms with E-state index in [0.29, 0.717) is 0 Å². The molecule has 3 rings (SSSR count). The van der Waals surface area contributed by atoms with Crippen molar-refractivity contribution < 1.29 is 9.30 Å². The summed E-state index contributed by atoms with van der Waals surface area (Å²) in [6, 6.07) is 16.6. The zero-order valence-electron chi connectivity index (χ0n) is 12.2. The number of aryl methyl sites for hydroxylation is 1. The molecule has 0 atom stereocenters.